The monoisotopic (exact) mass is 260 g/mol. The minimum Gasteiger partial charge on any atom is -0.390 e. The number of nitro benzene ring substituents is 1. The van der Waals surface area contributed by atoms with Crippen molar-refractivity contribution in [3.8, 4) is 0 Å². The van der Waals surface area contributed by atoms with Crippen molar-refractivity contribution >= 4 is 5.69 Å². The number of alkyl halides is 2. The Hall–Kier alpha value is -1.60. The highest BCUT2D eigenvalue weighted by Gasteiger charge is 2.28. The second kappa shape index (κ2) is 5.83. The number of halogens is 2. The van der Waals surface area contributed by atoms with E-state index >= 15 is 0 Å². The SMILES string of the molecule is CC(NCC(F)(F)CO)c1cccc([N+](=O)[O-])c1. The van der Waals surface area contributed by atoms with Gasteiger partial charge in [-0.2, -0.15) is 0 Å². The lowest BCUT2D eigenvalue weighted by Gasteiger charge is -2.18. The standard InChI is InChI=1S/C11H14F2N2O3/c1-8(14-6-11(12,13)7-16)9-3-2-4-10(5-9)15(17)18/h2-5,8,14,16H,6-7H2,1H3. The minimum absolute atomic E-state index is 0.0879. The number of hydrogen-bond donors (Lipinski definition) is 2. The van der Waals surface area contributed by atoms with Gasteiger partial charge < -0.3 is 10.4 Å². The minimum atomic E-state index is -3.20. The van der Waals surface area contributed by atoms with Crippen molar-refractivity contribution in [3.05, 3.63) is 39.9 Å². The van der Waals surface area contributed by atoms with Crippen LogP contribution in [0.15, 0.2) is 24.3 Å². The van der Waals surface area contributed by atoms with Crippen LogP contribution in [0.3, 0.4) is 0 Å². The second-order valence-corrected chi connectivity index (χ2v) is 3.97. The Labute approximate surface area is 103 Å². The first-order valence-corrected chi connectivity index (χ1v) is 5.32. The number of aliphatic hydroxyl groups is 1. The van der Waals surface area contributed by atoms with Gasteiger partial charge in [0.05, 0.1) is 11.5 Å². The maximum absolute atomic E-state index is 12.8. The Kier molecular flexibility index (Phi) is 4.69. The molecule has 0 aliphatic rings. The fourth-order valence-corrected chi connectivity index (χ4v) is 1.38. The third-order valence-electron chi connectivity index (χ3n) is 2.48. The second-order valence-electron chi connectivity index (χ2n) is 3.97. The van der Waals surface area contributed by atoms with Crippen LogP contribution in [0.5, 0.6) is 0 Å². The van der Waals surface area contributed by atoms with Gasteiger partial charge in [-0.05, 0) is 12.5 Å². The maximum atomic E-state index is 12.8. The molecule has 0 bridgehead atoms. The highest BCUT2D eigenvalue weighted by atomic mass is 19.3. The van der Waals surface area contributed by atoms with Crippen LogP contribution in [-0.4, -0.2) is 29.1 Å². The molecule has 100 valence electrons. The zero-order chi connectivity index (χ0) is 13.8. The highest BCUT2D eigenvalue weighted by molar-refractivity contribution is 5.35. The highest BCUT2D eigenvalue weighted by Crippen LogP contribution is 2.20. The first-order valence-electron chi connectivity index (χ1n) is 5.32. The summed E-state index contributed by atoms with van der Waals surface area (Å²) in [6.07, 6.45) is 0. The van der Waals surface area contributed by atoms with E-state index in [1.54, 1.807) is 13.0 Å². The molecule has 0 saturated carbocycles. The predicted molar refractivity (Wildman–Crippen MR) is 61.5 cm³/mol. The molecule has 1 aromatic carbocycles. The molecule has 1 rings (SSSR count). The molecule has 18 heavy (non-hydrogen) atoms. The van der Waals surface area contributed by atoms with Crippen molar-refractivity contribution in [3.63, 3.8) is 0 Å². The molecule has 7 heteroatoms. The fraction of sp³-hybridized carbons (Fsp3) is 0.455. The van der Waals surface area contributed by atoms with Crippen LogP contribution in [0.4, 0.5) is 14.5 Å². The van der Waals surface area contributed by atoms with Crippen LogP contribution in [0, 0.1) is 10.1 Å². The van der Waals surface area contributed by atoms with Crippen molar-refractivity contribution in [2.45, 2.75) is 18.9 Å². The third-order valence-corrected chi connectivity index (χ3v) is 2.48. The molecule has 1 aromatic rings. The van der Waals surface area contributed by atoms with Gasteiger partial charge in [-0.1, -0.05) is 12.1 Å². The van der Waals surface area contributed by atoms with Gasteiger partial charge in [-0.15, -0.1) is 0 Å². The van der Waals surface area contributed by atoms with E-state index in [0.29, 0.717) is 5.56 Å². The zero-order valence-electron chi connectivity index (χ0n) is 9.77. The van der Waals surface area contributed by atoms with Crippen LogP contribution in [0.25, 0.3) is 0 Å². The normalized spacial score (nSPS) is 13.3. The Morgan fingerprint density at radius 2 is 2.22 bits per heavy atom. The predicted octanol–water partition coefficient (Wildman–Crippen LogP) is 1.87. The molecule has 1 unspecified atom stereocenters. The average molecular weight is 260 g/mol. The van der Waals surface area contributed by atoms with Gasteiger partial charge in [0.2, 0.25) is 0 Å². The number of non-ortho nitro benzene ring substituents is 1. The summed E-state index contributed by atoms with van der Waals surface area (Å²) in [6, 6.07) is 5.30. The Bertz CT molecular complexity index is 427. The molecule has 1 atom stereocenters. The van der Waals surface area contributed by atoms with E-state index in [0.717, 1.165) is 0 Å². The summed E-state index contributed by atoms with van der Waals surface area (Å²) in [5.41, 5.74) is 0.452. The van der Waals surface area contributed by atoms with Crippen molar-refractivity contribution in [2.24, 2.45) is 0 Å². The lowest BCUT2D eigenvalue weighted by molar-refractivity contribution is -0.384. The molecule has 0 fully saturated rings. The molecule has 0 aliphatic carbocycles. The van der Waals surface area contributed by atoms with Crippen molar-refractivity contribution in [1.29, 1.82) is 0 Å². The Morgan fingerprint density at radius 1 is 1.56 bits per heavy atom. The number of nitrogens with one attached hydrogen (secondary N) is 1. The molecule has 0 amide bonds. The smallest absolute Gasteiger partial charge is 0.282 e. The van der Waals surface area contributed by atoms with Crippen molar-refractivity contribution in [2.75, 3.05) is 13.2 Å². The first-order chi connectivity index (χ1) is 8.35. The first kappa shape index (κ1) is 14.5. The number of hydrogen-bond acceptors (Lipinski definition) is 4. The summed E-state index contributed by atoms with van der Waals surface area (Å²) in [5, 5.41) is 21.5. The largest absolute Gasteiger partial charge is 0.390 e. The van der Waals surface area contributed by atoms with Gasteiger partial charge >= 0.3 is 0 Å². The topological polar surface area (TPSA) is 75.4 Å². The summed E-state index contributed by atoms with van der Waals surface area (Å²) in [7, 11) is 0. The third kappa shape index (κ3) is 4.01. The average Bonchev–Trinajstić information content (AvgIpc) is 2.36. The number of rotatable bonds is 6. The van der Waals surface area contributed by atoms with E-state index in [4.69, 9.17) is 5.11 Å². The van der Waals surface area contributed by atoms with Crippen LogP contribution in [0.1, 0.15) is 18.5 Å². The van der Waals surface area contributed by atoms with Gasteiger partial charge in [0, 0.05) is 18.2 Å². The van der Waals surface area contributed by atoms with Crippen LogP contribution in [-0.2, 0) is 0 Å². The molecule has 5 nitrogen and oxygen atoms in total. The quantitative estimate of drug-likeness (QED) is 0.604. The lowest BCUT2D eigenvalue weighted by Crippen LogP contribution is -2.37. The molecular formula is C11H14F2N2O3. The number of benzene rings is 1. The molecule has 0 saturated heterocycles. The van der Waals surface area contributed by atoms with Crippen LogP contribution >= 0.6 is 0 Å². The van der Waals surface area contributed by atoms with E-state index in [2.05, 4.69) is 5.32 Å². The van der Waals surface area contributed by atoms with Crippen molar-refractivity contribution in [1.82, 2.24) is 5.32 Å². The molecule has 0 heterocycles. The zero-order valence-corrected chi connectivity index (χ0v) is 9.77. The molecular weight excluding hydrogens is 246 g/mol. The summed E-state index contributed by atoms with van der Waals surface area (Å²) in [5.74, 6) is -3.20. The number of nitro groups is 1. The summed E-state index contributed by atoms with van der Waals surface area (Å²) in [6.45, 7) is -0.304. The van der Waals surface area contributed by atoms with E-state index in [1.165, 1.54) is 18.2 Å². The Balaban J connectivity index is 2.69. The van der Waals surface area contributed by atoms with E-state index in [1.807, 2.05) is 0 Å². The van der Waals surface area contributed by atoms with Crippen LogP contribution < -0.4 is 5.32 Å². The van der Waals surface area contributed by atoms with Gasteiger partial charge in [-0.3, -0.25) is 10.1 Å². The molecule has 0 aromatic heterocycles. The number of aliphatic hydroxyl groups excluding tert-OH is 1. The molecule has 0 radical (unpaired) electrons. The van der Waals surface area contributed by atoms with Gasteiger partial charge in [0.15, 0.2) is 0 Å². The fourth-order valence-electron chi connectivity index (χ4n) is 1.38. The summed E-state index contributed by atoms with van der Waals surface area (Å²) < 4.78 is 25.6. The summed E-state index contributed by atoms with van der Waals surface area (Å²) in [4.78, 5) is 10.0. The molecule has 0 aliphatic heterocycles. The van der Waals surface area contributed by atoms with E-state index in [9.17, 15) is 18.9 Å². The molecule has 2 N–H and O–H groups in total. The van der Waals surface area contributed by atoms with Gasteiger partial charge in [0.25, 0.3) is 11.6 Å². The van der Waals surface area contributed by atoms with E-state index in [-0.39, 0.29) is 5.69 Å². The Morgan fingerprint density at radius 3 is 2.78 bits per heavy atom. The van der Waals surface area contributed by atoms with Crippen molar-refractivity contribution < 1.29 is 18.8 Å². The lowest BCUT2D eigenvalue weighted by atomic mass is 10.1. The molecule has 0 spiro atoms. The maximum Gasteiger partial charge on any atom is 0.282 e. The van der Waals surface area contributed by atoms with Gasteiger partial charge in [-0.25, -0.2) is 8.78 Å². The van der Waals surface area contributed by atoms with Crippen LogP contribution in [0.2, 0.25) is 0 Å². The van der Waals surface area contributed by atoms with E-state index < -0.39 is 30.0 Å². The number of nitrogens with zero attached hydrogens (tertiary/aromatic N) is 1. The van der Waals surface area contributed by atoms with Gasteiger partial charge in [0.1, 0.15) is 6.61 Å². The summed E-state index contributed by atoms with van der Waals surface area (Å²) >= 11 is 0.